The summed E-state index contributed by atoms with van der Waals surface area (Å²) < 4.78 is 37.2. The number of nitrogens with zero attached hydrogens (tertiary/aromatic N) is 2. The number of anilines is 1. The quantitative estimate of drug-likeness (QED) is 0.683. The Morgan fingerprint density at radius 3 is 2.56 bits per heavy atom. The molecule has 10 heteroatoms. The van der Waals surface area contributed by atoms with Crippen LogP contribution < -0.4 is 15.0 Å². The molecule has 9 nitrogen and oxygen atoms in total. The first-order valence-corrected chi connectivity index (χ1v) is 12.0. The number of ether oxygens (including phenoxy) is 4. The summed E-state index contributed by atoms with van der Waals surface area (Å²) in [5, 5.41) is 2.60. The summed E-state index contributed by atoms with van der Waals surface area (Å²) in [6.07, 6.45) is -2.71. The number of amides is 2. The van der Waals surface area contributed by atoms with Crippen molar-refractivity contribution < 1.29 is 32.9 Å². The van der Waals surface area contributed by atoms with E-state index >= 15 is 4.39 Å². The number of rotatable bonds is 4. The van der Waals surface area contributed by atoms with E-state index in [0.29, 0.717) is 30.1 Å². The van der Waals surface area contributed by atoms with Crippen molar-refractivity contribution in [1.82, 2.24) is 10.2 Å². The second kappa shape index (κ2) is 9.50. The monoisotopic (exact) mass is 499 g/mol. The third-order valence-corrected chi connectivity index (χ3v) is 6.25. The minimum atomic E-state index is -0.780. The highest BCUT2D eigenvalue weighted by Crippen LogP contribution is 2.38. The number of fused-ring (bicyclic) bond motifs is 2. The first kappa shape index (κ1) is 24.2. The molecule has 36 heavy (non-hydrogen) atoms. The fourth-order valence-corrected chi connectivity index (χ4v) is 4.54. The van der Waals surface area contributed by atoms with Crippen LogP contribution in [0.5, 0.6) is 5.75 Å². The molecular weight excluding hydrogens is 469 g/mol. The van der Waals surface area contributed by atoms with Gasteiger partial charge in [0.2, 0.25) is 6.23 Å². The summed E-state index contributed by atoms with van der Waals surface area (Å²) in [6.45, 7) is 8.52. The molecule has 1 N–H and O–H groups in total. The summed E-state index contributed by atoms with van der Waals surface area (Å²) >= 11 is 0. The molecule has 0 bridgehead atoms. The predicted octanol–water partition coefficient (Wildman–Crippen LogP) is 3.89. The van der Waals surface area contributed by atoms with Crippen LogP contribution in [0.25, 0.3) is 11.1 Å². The Morgan fingerprint density at radius 1 is 1.14 bits per heavy atom. The minimum Gasteiger partial charge on any atom is -0.466 e. The lowest BCUT2D eigenvalue weighted by atomic mass is 10.00. The Hall–Kier alpha value is -3.53. The first-order chi connectivity index (χ1) is 17.2. The molecular formula is C26H30FN3O6. The molecule has 3 heterocycles. The molecule has 0 spiro atoms. The Kier molecular flexibility index (Phi) is 6.38. The van der Waals surface area contributed by atoms with Crippen LogP contribution in [0.4, 0.5) is 19.7 Å². The van der Waals surface area contributed by atoms with Crippen LogP contribution in [-0.4, -0.2) is 67.9 Å². The molecule has 0 unspecified atom stereocenters. The number of cyclic esters (lactones) is 1. The Balaban J connectivity index is 1.30. The van der Waals surface area contributed by atoms with Gasteiger partial charge in [0.1, 0.15) is 17.2 Å². The van der Waals surface area contributed by atoms with E-state index in [0.717, 1.165) is 24.3 Å². The molecule has 0 saturated carbocycles. The molecule has 0 radical (unpaired) electrons. The Morgan fingerprint density at radius 2 is 1.86 bits per heavy atom. The number of morpholine rings is 1. The summed E-state index contributed by atoms with van der Waals surface area (Å²) in [6, 6.07) is 10.8. The maximum absolute atomic E-state index is 15.2. The minimum absolute atomic E-state index is 0.00715. The molecule has 3 aliphatic heterocycles. The lowest BCUT2D eigenvalue weighted by molar-refractivity contribution is 0.0143. The van der Waals surface area contributed by atoms with Crippen LogP contribution in [0, 0.1) is 5.82 Å². The fraction of sp³-hybridized carbons (Fsp3) is 0.462. The average Bonchev–Trinajstić information content (AvgIpc) is 3.15. The second-order valence-corrected chi connectivity index (χ2v) is 10.0. The normalized spacial score (nSPS) is 21.3. The van der Waals surface area contributed by atoms with Gasteiger partial charge in [-0.25, -0.2) is 14.0 Å². The highest BCUT2D eigenvalue weighted by Gasteiger charge is 2.46. The van der Waals surface area contributed by atoms with Crippen molar-refractivity contribution in [2.24, 2.45) is 0 Å². The number of benzene rings is 2. The molecule has 192 valence electrons. The van der Waals surface area contributed by atoms with Crippen molar-refractivity contribution in [2.75, 3.05) is 37.7 Å². The number of hydrogen-bond donors (Lipinski definition) is 1. The van der Waals surface area contributed by atoms with Gasteiger partial charge in [-0.1, -0.05) is 12.1 Å². The SMILES string of the molecule is CC(C)(C)OC(=O)NC[C@@H]1OC(=O)N2Cc3cc(-c4ccc(N5CCOCC5)cc4)c(F)cc3O[C@@H]12. The van der Waals surface area contributed by atoms with Crippen molar-refractivity contribution in [1.29, 1.82) is 0 Å². The summed E-state index contributed by atoms with van der Waals surface area (Å²) in [5.74, 6) is -0.0713. The van der Waals surface area contributed by atoms with Crippen LogP contribution in [0.3, 0.4) is 0 Å². The van der Waals surface area contributed by atoms with E-state index < -0.39 is 35.9 Å². The largest absolute Gasteiger partial charge is 0.466 e. The zero-order chi connectivity index (χ0) is 25.4. The zero-order valence-electron chi connectivity index (χ0n) is 20.6. The van der Waals surface area contributed by atoms with Gasteiger partial charge in [0.05, 0.1) is 26.3 Å². The molecule has 2 aromatic carbocycles. The Bertz CT molecular complexity index is 1140. The smallest absolute Gasteiger partial charge is 0.413 e. The van der Waals surface area contributed by atoms with E-state index in [9.17, 15) is 9.59 Å². The summed E-state index contributed by atoms with van der Waals surface area (Å²) in [5.41, 5.74) is 2.26. The van der Waals surface area contributed by atoms with E-state index in [1.165, 1.54) is 11.0 Å². The van der Waals surface area contributed by atoms with Crippen molar-refractivity contribution >= 4 is 17.9 Å². The maximum atomic E-state index is 15.2. The third kappa shape index (κ3) is 5.04. The highest BCUT2D eigenvalue weighted by molar-refractivity contribution is 5.73. The van der Waals surface area contributed by atoms with Crippen molar-refractivity contribution in [2.45, 2.75) is 45.2 Å². The number of halogens is 1. The standard InChI is InChI=1S/C26H30FN3O6/c1-26(2,3)36-24(31)28-14-22-23-30(25(32)35-22)15-17-12-19(20(27)13-21(17)34-23)16-4-6-18(7-5-16)29-8-10-33-11-9-29/h4-7,12-13,22-23H,8-11,14-15H2,1-3H3,(H,28,31)/t22-,23-/m0/s1. The molecule has 2 fully saturated rings. The van der Waals surface area contributed by atoms with Gasteiger partial charge >= 0.3 is 12.2 Å². The van der Waals surface area contributed by atoms with Gasteiger partial charge in [-0.15, -0.1) is 0 Å². The number of carbonyl (C=O) groups excluding carboxylic acids is 2. The van der Waals surface area contributed by atoms with Crippen LogP contribution in [0.1, 0.15) is 26.3 Å². The van der Waals surface area contributed by atoms with Crippen molar-refractivity contribution in [3.8, 4) is 16.9 Å². The zero-order valence-corrected chi connectivity index (χ0v) is 20.6. The predicted molar refractivity (Wildman–Crippen MR) is 129 cm³/mol. The van der Waals surface area contributed by atoms with Gasteiger partial charge in [-0.3, -0.25) is 4.90 Å². The molecule has 0 aliphatic carbocycles. The fourth-order valence-electron chi connectivity index (χ4n) is 4.54. The second-order valence-electron chi connectivity index (χ2n) is 10.0. The number of hydrogen-bond acceptors (Lipinski definition) is 7. The van der Waals surface area contributed by atoms with E-state index in [4.69, 9.17) is 18.9 Å². The highest BCUT2D eigenvalue weighted by atomic mass is 19.1. The van der Waals surface area contributed by atoms with Gasteiger partial charge in [0, 0.05) is 36.0 Å². The molecule has 0 aromatic heterocycles. The van der Waals surface area contributed by atoms with Gasteiger partial charge in [-0.2, -0.15) is 0 Å². The lowest BCUT2D eigenvalue weighted by Gasteiger charge is -2.32. The van der Waals surface area contributed by atoms with E-state index in [-0.39, 0.29) is 13.1 Å². The van der Waals surface area contributed by atoms with Gasteiger partial charge in [0.15, 0.2) is 6.10 Å². The van der Waals surface area contributed by atoms with Crippen LogP contribution in [-0.2, 0) is 20.8 Å². The molecule has 5 rings (SSSR count). The lowest BCUT2D eigenvalue weighted by Crippen LogP contribution is -2.48. The first-order valence-electron chi connectivity index (χ1n) is 12.0. The molecule has 2 atom stereocenters. The summed E-state index contributed by atoms with van der Waals surface area (Å²) in [4.78, 5) is 28.2. The van der Waals surface area contributed by atoms with Gasteiger partial charge < -0.3 is 29.2 Å². The van der Waals surface area contributed by atoms with Gasteiger partial charge in [-0.05, 0) is 44.5 Å². The Labute approximate surface area is 209 Å². The number of alkyl carbamates (subject to hydrolysis) is 1. The molecule has 2 saturated heterocycles. The molecule has 3 aliphatic rings. The van der Waals surface area contributed by atoms with Crippen LogP contribution in [0.2, 0.25) is 0 Å². The van der Waals surface area contributed by atoms with Crippen molar-refractivity contribution in [3.63, 3.8) is 0 Å². The molecule has 2 amide bonds. The van der Waals surface area contributed by atoms with Crippen LogP contribution >= 0.6 is 0 Å². The van der Waals surface area contributed by atoms with Gasteiger partial charge in [0.25, 0.3) is 0 Å². The third-order valence-electron chi connectivity index (χ3n) is 6.25. The van der Waals surface area contributed by atoms with E-state index in [1.54, 1.807) is 26.8 Å². The molecule has 2 aromatic rings. The summed E-state index contributed by atoms with van der Waals surface area (Å²) in [7, 11) is 0. The van der Waals surface area contributed by atoms with Crippen molar-refractivity contribution in [3.05, 3.63) is 47.8 Å². The van der Waals surface area contributed by atoms with E-state index in [1.807, 2.05) is 24.3 Å². The number of nitrogens with one attached hydrogen (secondary N) is 1. The topological polar surface area (TPSA) is 89.6 Å². The maximum Gasteiger partial charge on any atom is 0.413 e. The van der Waals surface area contributed by atoms with Crippen LogP contribution in [0.15, 0.2) is 36.4 Å². The van der Waals surface area contributed by atoms with E-state index in [2.05, 4.69) is 10.2 Å². The average molecular weight is 500 g/mol. The number of carbonyl (C=O) groups is 2.